The molecule has 0 radical (unpaired) electrons. The second-order valence-electron chi connectivity index (χ2n) is 11.2. The van der Waals surface area contributed by atoms with E-state index < -0.39 is 29.4 Å². The zero-order chi connectivity index (χ0) is 28.9. The zero-order valence-corrected chi connectivity index (χ0v) is 24.2. The van der Waals surface area contributed by atoms with Crippen LogP contribution in [0.4, 0.5) is 0 Å². The highest BCUT2D eigenvalue weighted by Crippen LogP contribution is 2.30. The monoisotopic (exact) mass is 535 g/mol. The Labute approximate surface area is 226 Å². The van der Waals surface area contributed by atoms with E-state index in [1.54, 1.807) is 39.0 Å². The van der Waals surface area contributed by atoms with Crippen LogP contribution in [-0.2, 0) is 35.1 Å². The molecular weight excluding hydrogens is 490 g/mol. The molecule has 0 heterocycles. The summed E-state index contributed by atoms with van der Waals surface area (Å²) in [5, 5.41) is 3.05. The van der Waals surface area contributed by atoms with Crippen molar-refractivity contribution in [3.8, 4) is 11.5 Å². The number of benzene rings is 1. The van der Waals surface area contributed by atoms with Crippen molar-refractivity contribution in [2.45, 2.75) is 86.6 Å². The first-order chi connectivity index (χ1) is 17.7. The van der Waals surface area contributed by atoms with Crippen molar-refractivity contribution in [3.05, 3.63) is 23.8 Å². The number of nitrogens with one attached hydrogen (secondary N) is 1. The Morgan fingerprint density at radius 1 is 0.868 bits per heavy atom. The number of hydrogen-bond donors (Lipinski definition) is 1. The van der Waals surface area contributed by atoms with Gasteiger partial charge in [0.05, 0.1) is 12.5 Å². The lowest BCUT2D eigenvalue weighted by atomic mass is 9.97. The lowest BCUT2D eigenvalue weighted by molar-refractivity contribution is -0.152. The Morgan fingerprint density at radius 3 is 1.92 bits per heavy atom. The predicted octanol–water partition coefficient (Wildman–Crippen LogP) is 4.63. The maximum absolute atomic E-state index is 12.5. The number of esters is 4. The number of hydrogen-bond acceptors (Lipinski definition) is 9. The molecule has 0 saturated carbocycles. The molecular formula is C29H45NO8. The van der Waals surface area contributed by atoms with Gasteiger partial charge in [0.15, 0.2) is 11.5 Å². The van der Waals surface area contributed by atoms with Crippen molar-refractivity contribution < 1.29 is 38.1 Å². The number of carbonyl (C=O) groups excluding carboxylic acids is 4. The fourth-order valence-corrected chi connectivity index (χ4v) is 3.21. The van der Waals surface area contributed by atoms with E-state index >= 15 is 0 Å². The van der Waals surface area contributed by atoms with Gasteiger partial charge in [-0.25, -0.2) is 0 Å². The average molecular weight is 536 g/mol. The van der Waals surface area contributed by atoms with Gasteiger partial charge in [-0.1, -0.05) is 33.8 Å². The third kappa shape index (κ3) is 13.0. The number of rotatable bonds is 15. The second-order valence-corrected chi connectivity index (χ2v) is 11.2. The van der Waals surface area contributed by atoms with Gasteiger partial charge in [0.2, 0.25) is 0 Å². The average Bonchev–Trinajstić information content (AvgIpc) is 2.83. The van der Waals surface area contributed by atoms with E-state index in [0.717, 1.165) is 0 Å². The van der Waals surface area contributed by atoms with Gasteiger partial charge in [0.25, 0.3) is 0 Å². The van der Waals surface area contributed by atoms with Crippen molar-refractivity contribution in [2.75, 3.05) is 20.3 Å². The molecule has 0 aliphatic rings. The molecule has 0 bridgehead atoms. The normalized spacial score (nSPS) is 12.3. The summed E-state index contributed by atoms with van der Waals surface area (Å²) in [6, 6.07) is 4.12. The smallest absolute Gasteiger partial charge is 0.323 e. The maximum atomic E-state index is 12.5. The minimum atomic E-state index is -0.739. The summed E-state index contributed by atoms with van der Waals surface area (Å²) in [6.07, 6.45) is 2.02. The van der Waals surface area contributed by atoms with Crippen LogP contribution in [0, 0.1) is 17.3 Å². The van der Waals surface area contributed by atoms with Crippen LogP contribution in [0.25, 0.3) is 0 Å². The van der Waals surface area contributed by atoms with E-state index in [1.165, 1.54) is 7.11 Å². The molecule has 1 atom stereocenters. The minimum Gasteiger partial charge on any atom is -0.468 e. The number of carbonyl (C=O) groups is 4. The summed E-state index contributed by atoms with van der Waals surface area (Å²) in [6.45, 7) is 13.7. The fraction of sp³-hybridized carbons (Fsp3) is 0.655. The zero-order valence-electron chi connectivity index (χ0n) is 24.2. The van der Waals surface area contributed by atoms with E-state index in [-0.39, 0.29) is 49.9 Å². The minimum absolute atomic E-state index is 0.0909. The highest BCUT2D eigenvalue weighted by molar-refractivity contribution is 5.78. The molecule has 0 fully saturated rings. The molecule has 0 unspecified atom stereocenters. The Balaban J connectivity index is 3.02. The largest absolute Gasteiger partial charge is 0.468 e. The summed E-state index contributed by atoms with van der Waals surface area (Å²) in [5.74, 6) is -0.726. The first-order valence-electron chi connectivity index (χ1n) is 13.3. The third-order valence-electron chi connectivity index (χ3n) is 5.57. The second kappa shape index (κ2) is 16.1. The van der Waals surface area contributed by atoms with Gasteiger partial charge in [-0.15, -0.1) is 0 Å². The molecule has 0 aromatic heterocycles. The van der Waals surface area contributed by atoms with Gasteiger partial charge < -0.3 is 24.3 Å². The van der Waals surface area contributed by atoms with E-state index in [2.05, 4.69) is 5.32 Å². The van der Waals surface area contributed by atoms with E-state index in [0.29, 0.717) is 30.2 Å². The molecule has 0 amide bonds. The first kappa shape index (κ1) is 33.1. The molecule has 0 spiro atoms. The topological polar surface area (TPSA) is 117 Å². The van der Waals surface area contributed by atoms with Crippen molar-refractivity contribution in [3.63, 3.8) is 0 Å². The Bertz CT molecular complexity index is 933. The predicted molar refractivity (Wildman–Crippen MR) is 144 cm³/mol. The molecule has 1 aromatic rings. The molecule has 0 saturated heterocycles. The van der Waals surface area contributed by atoms with Crippen molar-refractivity contribution >= 4 is 23.9 Å². The summed E-state index contributed by atoms with van der Waals surface area (Å²) >= 11 is 0. The van der Waals surface area contributed by atoms with Gasteiger partial charge in [0, 0.05) is 19.4 Å². The number of methoxy groups -OCH3 is 1. The van der Waals surface area contributed by atoms with Crippen LogP contribution in [0.15, 0.2) is 18.2 Å². The van der Waals surface area contributed by atoms with Crippen LogP contribution in [0.1, 0.15) is 79.7 Å². The van der Waals surface area contributed by atoms with Crippen LogP contribution >= 0.6 is 0 Å². The molecule has 1 rings (SSSR count). The van der Waals surface area contributed by atoms with E-state index in [1.807, 2.05) is 27.7 Å². The molecule has 0 aliphatic carbocycles. The molecule has 38 heavy (non-hydrogen) atoms. The highest BCUT2D eigenvalue weighted by Gasteiger charge is 2.24. The first-order valence-corrected chi connectivity index (χ1v) is 13.3. The molecule has 214 valence electrons. The van der Waals surface area contributed by atoms with Gasteiger partial charge in [0.1, 0.15) is 12.6 Å². The van der Waals surface area contributed by atoms with E-state index in [9.17, 15) is 19.2 Å². The van der Waals surface area contributed by atoms with Crippen LogP contribution < -0.4 is 14.8 Å². The highest BCUT2D eigenvalue weighted by atomic mass is 16.6. The Morgan fingerprint density at radius 2 is 1.42 bits per heavy atom. The summed E-state index contributed by atoms with van der Waals surface area (Å²) in [4.78, 5) is 49.2. The van der Waals surface area contributed by atoms with Crippen molar-refractivity contribution in [2.24, 2.45) is 17.3 Å². The summed E-state index contributed by atoms with van der Waals surface area (Å²) in [7, 11) is 1.29. The molecule has 9 heteroatoms. The lowest BCUT2D eigenvalue weighted by Gasteiger charge is -2.19. The maximum Gasteiger partial charge on any atom is 0.323 e. The van der Waals surface area contributed by atoms with Gasteiger partial charge in [-0.2, -0.15) is 0 Å². The van der Waals surface area contributed by atoms with Crippen molar-refractivity contribution in [1.82, 2.24) is 5.32 Å². The Hall–Kier alpha value is -2.94. The summed E-state index contributed by atoms with van der Waals surface area (Å²) in [5.41, 5.74) is 0.0401. The molecule has 1 N–H and O–H groups in total. The molecule has 9 nitrogen and oxygen atoms in total. The summed E-state index contributed by atoms with van der Waals surface area (Å²) < 4.78 is 21.3. The SMILES string of the molecule is COC(=O)[C@H](Cc1ccc(OC(=O)CCC(C)C)c(OC(=O)CCC(C)C)c1)NCCOC(=O)C(C)(C)C. The molecule has 1 aromatic carbocycles. The number of ether oxygens (including phenoxy) is 4. The van der Waals surface area contributed by atoms with Crippen molar-refractivity contribution in [1.29, 1.82) is 0 Å². The van der Waals surface area contributed by atoms with Gasteiger partial charge >= 0.3 is 23.9 Å². The van der Waals surface area contributed by atoms with E-state index in [4.69, 9.17) is 18.9 Å². The fourth-order valence-electron chi connectivity index (χ4n) is 3.21. The standard InChI is InChI=1S/C29H45NO8/c1-19(2)9-13-25(31)37-23-12-11-21(18-24(23)38-26(32)14-10-20(3)4)17-22(27(33)35-8)30-15-16-36-28(34)29(5,6)7/h11-12,18-20,22,30H,9-10,13-17H2,1-8H3/t22-/m0/s1. The van der Waals surface area contributed by atoms with Crippen LogP contribution in [0.2, 0.25) is 0 Å². The van der Waals surface area contributed by atoms with Crippen LogP contribution in [0.5, 0.6) is 11.5 Å². The molecule has 0 aliphatic heterocycles. The third-order valence-corrected chi connectivity index (χ3v) is 5.57. The lowest BCUT2D eigenvalue weighted by Crippen LogP contribution is -2.41. The van der Waals surface area contributed by atoms with Gasteiger partial charge in [-0.3, -0.25) is 19.2 Å². The quantitative estimate of drug-likeness (QED) is 0.195. The van der Waals surface area contributed by atoms with Crippen LogP contribution in [0.3, 0.4) is 0 Å². The van der Waals surface area contributed by atoms with Crippen LogP contribution in [-0.4, -0.2) is 50.2 Å². The van der Waals surface area contributed by atoms with Gasteiger partial charge in [-0.05, 0) is 69.6 Å². The Kier molecular flexibility index (Phi) is 14.0.